The largest absolute Gasteiger partial charge is 0.490 e. The fourth-order valence-corrected chi connectivity index (χ4v) is 3.28. The third-order valence-electron chi connectivity index (χ3n) is 4.87. The van der Waals surface area contributed by atoms with Crippen LogP contribution in [0, 0.1) is 0 Å². The minimum absolute atomic E-state index is 0.188. The number of carbonyl (C=O) groups excluding carboxylic acids is 1. The Morgan fingerprint density at radius 1 is 1.18 bits per heavy atom. The van der Waals surface area contributed by atoms with E-state index in [1.54, 1.807) is 19.1 Å². The van der Waals surface area contributed by atoms with Gasteiger partial charge in [0.2, 0.25) is 0 Å². The van der Waals surface area contributed by atoms with Crippen LogP contribution < -0.4 is 14.8 Å². The average molecular weight is 403 g/mol. The van der Waals surface area contributed by atoms with Crippen molar-refractivity contribution < 1.29 is 14.3 Å². The van der Waals surface area contributed by atoms with Crippen LogP contribution in [0.4, 0.5) is 0 Å². The van der Waals surface area contributed by atoms with Crippen molar-refractivity contribution in [3.8, 4) is 11.5 Å². The maximum absolute atomic E-state index is 12.3. The van der Waals surface area contributed by atoms with E-state index in [-0.39, 0.29) is 12.0 Å². The highest BCUT2D eigenvalue weighted by molar-refractivity contribution is 6.32. The van der Waals surface area contributed by atoms with E-state index in [1.807, 2.05) is 36.4 Å². The van der Waals surface area contributed by atoms with E-state index in [0.717, 1.165) is 37.2 Å². The summed E-state index contributed by atoms with van der Waals surface area (Å²) < 4.78 is 11.7. The van der Waals surface area contributed by atoms with Crippen LogP contribution in [0.3, 0.4) is 0 Å². The van der Waals surface area contributed by atoms with Crippen molar-refractivity contribution in [1.82, 2.24) is 10.2 Å². The molecule has 1 atom stereocenters. The van der Waals surface area contributed by atoms with E-state index in [4.69, 9.17) is 21.1 Å². The van der Waals surface area contributed by atoms with E-state index in [0.29, 0.717) is 17.3 Å². The highest BCUT2D eigenvalue weighted by Gasteiger charge is 2.18. The number of amides is 1. The van der Waals surface area contributed by atoms with E-state index in [1.165, 1.54) is 0 Å². The summed E-state index contributed by atoms with van der Waals surface area (Å²) in [5.41, 5.74) is 1.01. The number of rotatable bonds is 7. The zero-order valence-electron chi connectivity index (χ0n) is 16.4. The summed E-state index contributed by atoms with van der Waals surface area (Å²) >= 11 is 6.07. The lowest BCUT2D eigenvalue weighted by Crippen LogP contribution is -2.36. The Bertz CT molecular complexity index is 774. The van der Waals surface area contributed by atoms with Crippen molar-refractivity contribution in [2.24, 2.45) is 0 Å². The molecule has 1 aliphatic heterocycles. The molecule has 2 aromatic rings. The Balaban J connectivity index is 1.45. The van der Waals surface area contributed by atoms with Gasteiger partial charge in [-0.1, -0.05) is 35.9 Å². The van der Waals surface area contributed by atoms with Gasteiger partial charge in [-0.15, -0.1) is 0 Å². The number of piperidine rings is 1. The maximum atomic E-state index is 12.3. The molecule has 0 bridgehead atoms. The molecular formula is C22H27ClN2O3. The zero-order chi connectivity index (χ0) is 19.9. The van der Waals surface area contributed by atoms with Gasteiger partial charge in [-0.25, -0.2) is 0 Å². The van der Waals surface area contributed by atoms with Crippen molar-refractivity contribution in [1.29, 1.82) is 0 Å². The van der Waals surface area contributed by atoms with Crippen molar-refractivity contribution in [3.63, 3.8) is 0 Å². The zero-order valence-corrected chi connectivity index (χ0v) is 17.1. The van der Waals surface area contributed by atoms with E-state index >= 15 is 0 Å². The number of hydrogen-bond acceptors (Lipinski definition) is 4. The quantitative estimate of drug-likeness (QED) is 0.763. The Morgan fingerprint density at radius 2 is 1.86 bits per heavy atom. The SMILES string of the molecule is CC(Oc1ccccc1Cl)C(=O)NCc1ccc(OC2CCN(C)CC2)cc1. The van der Waals surface area contributed by atoms with Crippen LogP contribution in [0.1, 0.15) is 25.3 Å². The second-order valence-electron chi connectivity index (χ2n) is 7.17. The Labute approximate surface area is 171 Å². The fraction of sp³-hybridized carbons (Fsp3) is 0.409. The standard InChI is InChI=1S/C22H27ClN2O3/c1-16(27-21-6-4-3-5-20(21)23)22(26)24-15-17-7-9-18(10-8-17)28-19-11-13-25(2)14-12-19/h3-10,16,19H,11-15H2,1-2H3,(H,24,26). The number of para-hydroxylation sites is 1. The van der Waals surface area contributed by atoms with Crippen LogP contribution in [0.2, 0.25) is 5.02 Å². The van der Waals surface area contributed by atoms with Crippen LogP contribution in [0.5, 0.6) is 11.5 Å². The molecule has 28 heavy (non-hydrogen) atoms. The molecule has 5 nitrogen and oxygen atoms in total. The molecule has 1 aliphatic rings. The van der Waals surface area contributed by atoms with Crippen LogP contribution in [-0.4, -0.2) is 43.2 Å². The number of hydrogen-bond donors (Lipinski definition) is 1. The van der Waals surface area contributed by atoms with Gasteiger partial charge in [-0.05, 0) is 56.6 Å². The molecule has 1 unspecified atom stereocenters. The molecule has 2 aromatic carbocycles. The van der Waals surface area contributed by atoms with Gasteiger partial charge in [-0.2, -0.15) is 0 Å². The highest BCUT2D eigenvalue weighted by Crippen LogP contribution is 2.24. The predicted octanol–water partition coefficient (Wildman–Crippen LogP) is 3.90. The average Bonchev–Trinajstić information content (AvgIpc) is 2.70. The summed E-state index contributed by atoms with van der Waals surface area (Å²) in [6.45, 7) is 4.28. The third-order valence-corrected chi connectivity index (χ3v) is 5.18. The molecule has 1 amide bonds. The van der Waals surface area contributed by atoms with Gasteiger partial charge in [0.05, 0.1) is 5.02 Å². The second kappa shape index (κ2) is 9.80. The molecule has 1 heterocycles. The summed E-state index contributed by atoms with van der Waals surface area (Å²) in [7, 11) is 2.14. The molecule has 0 aliphatic carbocycles. The van der Waals surface area contributed by atoms with Gasteiger partial charge in [0.15, 0.2) is 6.10 Å². The van der Waals surface area contributed by atoms with Crippen molar-refractivity contribution in [2.45, 2.75) is 38.5 Å². The molecule has 0 radical (unpaired) electrons. The summed E-state index contributed by atoms with van der Waals surface area (Å²) in [5.74, 6) is 1.19. The molecule has 1 fully saturated rings. The minimum Gasteiger partial charge on any atom is -0.490 e. The van der Waals surface area contributed by atoms with Gasteiger partial charge in [-0.3, -0.25) is 4.79 Å². The molecule has 0 spiro atoms. The Morgan fingerprint density at radius 3 is 2.54 bits per heavy atom. The first kappa shape index (κ1) is 20.5. The van der Waals surface area contributed by atoms with Gasteiger partial charge >= 0.3 is 0 Å². The lowest BCUT2D eigenvalue weighted by atomic mass is 10.1. The number of nitrogens with zero attached hydrogens (tertiary/aromatic N) is 1. The molecule has 1 N–H and O–H groups in total. The first-order chi connectivity index (χ1) is 13.5. The van der Waals surface area contributed by atoms with Crippen molar-refractivity contribution >= 4 is 17.5 Å². The van der Waals surface area contributed by atoms with Crippen molar-refractivity contribution in [2.75, 3.05) is 20.1 Å². The molecule has 0 saturated carbocycles. The monoisotopic (exact) mass is 402 g/mol. The highest BCUT2D eigenvalue weighted by atomic mass is 35.5. The molecule has 0 aromatic heterocycles. The lowest BCUT2D eigenvalue weighted by Gasteiger charge is -2.29. The van der Waals surface area contributed by atoms with Gasteiger partial charge in [0.25, 0.3) is 5.91 Å². The first-order valence-electron chi connectivity index (χ1n) is 9.64. The molecule has 150 valence electrons. The second-order valence-corrected chi connectivity index (χ2v) is 7.58. The number of nitrogens with one attached hydrogen (secondary N) is 1. The van der Waals surface area contributed by atoms with E-state index in [2.05, 4.69) is 17.3 Å². The number of halogens is 1. The van der Waals surface area contributed by atoms with E-state index < -0.39 is 6.10 Å². The number of carbonyl (C=O) groups is 1. The third kappa shape index (κ3) is 5.88. The normalized spacial score (nSPS) is 16.4. The smallest absolute Gasteiger partial charge is 0.261 e. The molecular weight excluding hydrogens is 376 g/mol. The van der Waals surface area contributed by atoms with E-state index in [9.17, 15) is 4.79 Å². The summed E-state index contributed by atoms with van der Waals surface area (Å²) in [6.07, 6.45) is 1.76. The molecule has 6 heteroatoms. The van der Waals surface area contributed by atoms with Crippen LogP contribution >= 0.6 is 11.6 Å². The fourth-order valence-electron chi connectivity index (χ4n) is 3.10. The molecule has 1 saturated heterocycles. The van der Waals surface area contributed by atoms with Crippen LogP contribution in [0.25, 0.3) is 0 Å². The van der Waals surface area contributed by atoms with Gasteiger partial charge < -0.3 is 19.7 Å². The van der Waals surface area contributed by atoms with Crippen LogP contribution in [-0.2, 0) is 11.3 Å². The number of ether oxygens (including phenoxy) is 2. The maximum Gasteiger partial charge on any atom is 0.261 e. The lowest BCUT2D eigenvalue weighted by molar-refractivity contribution is -0.127. The topological polar surface area (TPSA) is 50.8 Å². The Kier molecular flexibility index (Phi) is 7.18. The first-order valence-corrected chi connectivity index (χ1v) is 10.0. The number of benzene rings is 2. The molecule has 3 rings (SSSR count). The number of likely N-dealkylation sites (tertiary alicyclic amines) is 1. The summed E-state index contributed by atoms with van der Waals surface area (Å²) in [5, 5.41) is 3.38. The minimum atomic E-state index is -0.632. The Hall–Kier alpha value is -2.24. The van der Waals surface area contributed by atoms with Crippen LogP contribution in [0.15, 0.2) is 48.5 Å². The predicted molar refractivity (Wildman–Crippen MR) is 111 cm³/mol. The van der Waals surface area contributed by atoms with Gasteiger partial charge in [0.1, 0.15) is 17.6 Å². The summed E-state index contributed by atoms with van der Waals surface area (Å²) in [4.78, 5) is 14.6. The summed E-state index contributed by atoms with van der Waals surface area (Å²) in [6, 6.07) is 15.0. The van der Waals surface area contributed by atoms with Gasteiger partial charge in [0, 0.05) is 19.6 Å². The van der Waals surface area contributed by atoms with Crippen molar-refractivity contribution in [3.05, 3.63) is 59.1 Å².